The molecule has 0 aliphatic carbocycles. The van der Waals surface area contributed by atoms with Crippen LogP contribution >= 0.6 is 11.8 Å². The zero-order valence-corrected chi connectivity index (χ0v) is 18.1. The van der Waals surface area contributed by atoms with E-state index in [1.54, 1.807) is 24.8 Å². The number of nitrogens with zero attached hydrogens (tertiary/aromatic N) is 1. The average molecular weight is 428 g/mol. The van der Waals surface area contributed by atoms with Gasteiger partial charge in [0.2, 0.25) is 5.78 Å². The van der Waals surface area contributed by atoms with Crippen molar-refractivity contribution >= 4 is 34.2 Å². The molecule has 1 aromatic heterocycles. The highest BCUT2D eigenvalue weighted by molar-refractivity contribution is 7.99. The van der Waals surface area contributed by atoms with Crippen molar-refractivity contribution in [2.24, 2.45) is 5.16 Å². The Morgan fingerprint density at radius 3 is 2.13 bits per heavy atom. The van der Waals surface area contributed by atoms with Gasteiger partial charge in [0.25, 0.3) is 0 Å². The summed E-state index contributed by atoms with van der Waals surface area (Å²) < 4.78 is 5.69. The van der Waals surface area contributed by atoms with Gasteiger partial charge in [-0.1, -0.05) is 53.8 Å². The summed E-state index contributed by atoms with van der Waals surface area (Å²) >= 11 is 1.63. The fraction of sp³-hybridized carbons (Fsp3) is 0.0769. The summed E-state index contributed by atoms with van der Waals surface area (Å²) in [5.41, 5.74) is 3.08. The van der Waals surface area contributed by atoms with Gasteiger partial charge in [-0.3, -0.25) is 4.79 Å². The van der Waals surface area contributed by atoms with E-state index in [1.807, 2.05) is 79.7 Å². The summed E-state index contributed by atoms with van der Waals surface area (Å²) in [6, 6.07) is 25.0. The maximum absolute atomic E-state index is 12.8. The second-order valence-corrected chi connectivity index (χ2v) is 8.25. The van der Waals surface area contributed by atoms with E-state index in [0.29, 0.717) is 22.7 Å². The molecule has 0 spiro atoms. The zero-order chi connectivity index (χ0) is 21.8. The molecule has 0 fully saturated rings. The number of benzene rings is 3. The maximum Gasteiger partial charge on any atom is 0.228 e. The van der Waals surface area contributed by atoms with E-state index in [1.165, 1.54) is 0 Å². The Morgan fingerprint density at radius 2 is 1.52 bits per heavy atom. The quantitative estimate of drug-likeness (QED) is 0.137. The highest BCUT2D eigenvalue weighted by Crippen LogP contribution is 2.29. The minimum Gasteiger partial charge on any atom is -0.453 e. The monoisotopic (exact) mass is 427 g/mol. The second kappa shape index (κ2) is 9.06. The lowest BCUT2D eigenvalue weighted by molar-refractivity contribution is 0.101. The van der Waals surface area contributed by atoms with Crippen molar-refractivity contribution in [1.29, 1.82) is 0 Å². The van der Waals surface area contributed by atoms with Crippen LogP contribution in [0.5, 0.6) is 0 Å². The molecule has 0 saturated heterocycles. The topological polar surface area (TPSA) is 51.8 Å². The number of ketones is 1. The average Bonchev–Trinajstić information content (AvgIpc) is 3.22. The van der Waals surface area contributed by atoms with Gasteiger partial charge < -0.3 is 9.25 Å². The zero-order valence-electron chi connectivity index (χ0n) is 17.3. The summed E-state index contributed by atoms with van der Waals surface area (Å²) in [5.74, 6) is 0.780. The van der Waals surface area contributed by atoms with Crippen LogP contribution in [-0.2, 0) is 4.84 Å². The van der Waals surface area contributed by atoms with E-state index < -0.39 is 0 Å². The molecule has 0 unspecified atom stereocenters. The molecule has 0 atom stereocenters. The molecule has 154 valence electrons. The number of oxime groups is 1. The van der Waals surface area contributed by atoms with E-state index in [0.717, 1.165) is 26.5 Å². The third-order valence-electron chi connectivity index (χ3n) is 4.61. The first-order valence-electron chi connectivity index (χ1n) is 9.78. The van der Waals surface area contributed by atoms with Crippen LogP contribution in [0.15, 0.2) is 111 Å². The number of furan rings is 1. The van der Waals surface area contributed by atoms with Crippen LogP contribution in [0.1, 0.15) is 35.5 Å². The lowest BCUT2D eigenvalue weighted by Crippen LogP contribution is -1.98. The first-order valence-corrected chi connectivity index (χ1v) is 10.6. The minimum atomic E-state index is -0.121. The Kier molecular flexibility index (Phi) is 6.05. The summed E-state index contributed by atoms with van der Waals surface area (Å²) in [4.78, 5) is 20.0. The normalized spacial score (nSPS) is 11.5. The van der Waals surface area contributed by atoms with E-state index in [9.17, 15) is 4.79 Å². The van der Waals surface area contributed by atoms with Gasteiger partial charge >= 0.3 is 0 Å². The molecule has 0 aliphatic rings. The third kappa shape index (κ3) is 4.95. The fourth-order valence-corrected chi connectivity index (χ4v) is 3.83. The minimum absolute atomic E-state index is 0.121. The largest absolute Gasteiger partial charge is 0.453 e. The highest BCUT2D eigenvalue weighted by Gasteiger charge is 2.14. The van der Waals surface area contributed by atoms with Crippen molar-refractivity contribution in [1.82, 2.24) is 0 Å². The molecule has 0 radical (unpaired) electrons. The van der Waals surface area contributed by atoms with Crippen LogP contribution in [0.25, 0.3) is 11.0 Å². The molecule has 4 rings (SSSR count). The molecule has 4 nitrogen and oxygen atoms in total. The number of hydrogen-bond donors (Lipinski definition) is 0. The van der Waals surface area contributed by atoms with Crippen LogP contribution in [0, 0.1) is 0 Å². The molecule has 0 amide bonds. The van der Waals surface area contributed by atoms with Crippen molar-refractivity contribution in [3.8, 4) is 0 Å². The molecule has 0 bridgehead atoms. The Bertz CT molecular complexity index is 1240. The Balaban J connectivity index is 1.44. The van der Waals surface area contributed by atoms with Gasteiger partial charge in [-0.05, 0) is 67.9 Å². The van der Waals surface area contributed by atoms with Gasteiger partial charge in [0.1, 0.15) is 11.3 Å². The summed E-state index contributed by atoms with van der Waals surface area (Å²) in [6.07, 6.45) is 0. The predicted molar refractivity (Wildman–Crippen MR) is 125 cm³/mol. The number of hydrogen-bond acceptors (Lipinski definition) is 5. The maximum atomic E-state index is 12.8. The predicted octanol–water partition coefficient (Wildman–Crippen LogP) is 7.09. The first-order chi connectivity index (χ1) is 15.0. The Morgan fingerprint density at radius 1 is 0.903 bits per heavy atom. The van der Waals surface area contributed by atoms with E-state index in [4.69, 9.17) is 9.25 Å². The van der Waals surface area contributed by atoms with Crippen LogP contribution < -0.4 is 0 Å². The number of rotatable bonds is 7. The van der Waals surface area contributed by atoms with Gasteiger partial charge in [0, 0.05) is 20.7 Å². The Hall–Kier alpha value is -3.57. The molecule has 4 aromatic rings. The third-order valence-corrected chi connectivity index (χ3v) is 5.63. The summed E-state index contributed by atoms with van der Waals surface area (Å²) in [5, 5.41) is 4.97. The molecule has 1 heterocycles. The van der Waals surface area contributed by atoms with E-state index >= 15 is 0 Å². The smallest absolute Gasteiger partial charge is 0.228 e. The first kappa shape index (κ1) is 20.7. The van der Waals surface area contributed by atoms with Crippen LogP contribution in [0.3, 0.4) is 0 Å². The molecule has 0 aliphatic heterocycles. The molecular formula is C26H21NO3S. The number of para-hydroxylation sites is 1. The number of fused-ring (bicyclic) bond motifs is 1. The highest BCUT2D eigenvalue weighted by atomic mass is 32.2. The van der Waals surface area contributed by atoms with E-state index in [-0.39, 0.29) is 5.78 Å². The number of allylic oxidation sites excluding steroid dienone is 1. The van der Waals surface area contributed by atoms with Crippen molar-refractivity contribution in [2.45, 2.75) is 23.6 Å². The number of carbonyl (C=O) groups is 1. The molecule has 3 aromatic carbocycles. The molecule has 31 heavy (non-hydrogen) atoms. The van der Waals surface area contributed by atoms with E-state index in [2.05, 4.69) is 11.7 Å². The van der Waals surface area contributed by atoms with Crippen LogP contribution in [0.4, 0.5) is 0 Å². The fourth-order valence-electron chi connectivity index (χ4n) is 3.01. The standard InChI is InChI=1S/C26H21NO3S/c1-17(2)30-27-18(3)19-8-12-22(13-9-19)31-23-14-10-20(11-15-23)26(28)25-16-21-6-4-5-7-24(21)29-25/h4-16H,1H2,2-3H3/b27-18+. The van der Waals surface area contributed by atoms with Gasteiger partial charge in [-0.15, -0.1) is 0 Å². The second-order valence-electron chi connectivity index (χ2n) is 7.10. The van der Waals surface area contributed by atoms with Crippen molar-refractivity contribution in [3.63, 3.8) is 0 Å². The van der Waals surface area contributed by atoms with Gasteiger partial charge in [-0.25, -0.2) is 0 Å². The summed E-state index contributed by atoms with van der Waals surface area (Å²) in [6.45, 7) is 7.31. The molecule has 0 N–H and O–H groups in total. The van der Waals surface area contributed by atoms with Crippen molar-refractivity contribution < 1.29 is 14.0 Å². The molecule has 0 saturated carbocycles. The van der Waals surface area contributed by atoms with Crippen molar-refractivity contribution in [3.05, 3.63) is 108 Å². The van der Waals surface area contributed by atoms with Gasteiger partial charge in [0.05, 0.1) is 5.71 Å². The number of carbonyl (C=O) groups excluding carboxylic acids is 1. The van der Waals surface area contributed by atoms with Gasteiger partial charge in [0.15, 0.2) is 5.76 Å². The molecule has 5 heteroatoms. The lowest BCUT2D eigenvalue weighted by atomic mass is 10.1. The van der Waals surface area contributed by atoms with Crippen LogP contribution in [0.2, 0.25) is 0 Å². The van der Waals surface area contributed by atoms with Crippen molar-refractivity contribution in [2.75, 3.05) is 0 Å². The van der Waals surface area contributed by atoms with Crippen LogP contribution in [-0.4, -0.2) is 11.5 Å². The Labute approximate surface area is 185 Å². The SMILES string of the molecule is C=C(C)O/N=C(\C)c1ccc(Sc2ccc(C(=O)c3cc4ccccc4o3)cc2)cc1. The summed E-state index contributed by atoms with van der Waals surface area (Å²) in [7, 11) is 0. The molecular weight excluding hydrogens is 406 g/mol. The van der Waals surface area contributed by atoms with Gasteiger partial charge in [-0.2, -0.15) is 0 Å². The lowest BCUT2D eigenvalue weighted by Gasteiger charge is -2.05.